The Kier molecular flexibility index (Phi) is 5.29. The number of hydrogen-bond donors (Lipinski definition) is 1. The van der Waals surface area contributed by atoms with Crippen LogP contribution in [-0.4, -0.2) is 60.0 Å². The summed E-state index contributed by atoms with van der Waals surface area (Å²) in [5.41, 5.74) is 3.87. The number of rotatable bonds is 2. The second-order valence-electron chi connectivity index (χ2n) is 8.65. The van der Waals surface area contributed by atoms with Crippen LogP contribution in [0.1, 0.15) is 36.0 Å². The molecule has 0 radical (unpaired) electrons. The van der Waals surface area contributed by atoms with Crippen molar-refractivity contribution in [1.29, 1.82) is 0 Å². The van der Waals surface area contributed by atoms with E-state index in [4.69, 9.17) is 4.98 Å². The van der Waals surface area contributed by atoms with Crippen LogP contribution in [0.3, 0.4) is 0 Å². The number of likely N-dealkylation sites (N-methyl/N-ethyl adjacent to an activating group) is 1. The number of carbonyl (C=O) groups excluding carboxylic acids is 1. The fourth-order valence-corrected chi connectivity index (χ4v) is 5.09. The highest BCUT2D eigenvalue weighted by molar-refractivity contribution is 5.84. The van der Waals surface area contributed by atoms with Gasteiger partial charge in [0.05, 0.1) is 18.7 Å². The monoisotopic (exact) mass is 406 g/mol. The van der Waals surface area contributed by atoms with E-state index in [-0.39, 0.29) is 11.9 Å². The zero-order valence-electron chi connectivity index (χ0n) is 17.7. The second-order valence-corrected chi connectivity index (χ2v) is 8.65. The molecule has 1 amide bonds. The Hall–Kier alpha value is -2.67. The van der Waals surface area contributed by atoms with Gasteiger partial charge in [0.15, 0.2) is 0 Å². The van der Waals surface area contributed by atoms with Crippen molar-refractivity contribution in [3.05, 3.63) is 47.3 Å². The van der Waals surface area contributed by atoms with Gasteiger partial charge in [0.2, 0.25) is 5.91 Å². The Morgan fingerprint density at radius 2 is 1.83 bits per heavy atom. The lowest BCUT2D eigenvalue weighted by Crippen LogP contribution is -2.43. The summed E-state index contributed by atoms with van der Waals surface area (Å²) in [4.78, 5) is 28.9. The molecule has 2 aromatic rings. The van der Waals surface area contributed by atoms with Crippen LogP contribution in [0.4, 0.5) is 11.6 Å². The van der Waals surface area contributed by atoms with E-state index in [1.807, 2.05) is 11.9 Å². The molecule has 0 aliphatic carbocycles. The van der Waals surface area contributed by atoms with Crippen LogP contribution in [0.25, 0.3) is 0 Å². The number of benzene rings is 1. The van der Waals surface area contributed by atoms with E-state index in [0.29, 0.717) is 13.1 Å². The summed E-state index contributed by atoms with van der Waals surface area (Å²) in [6, 6.07) is 8.94. The summed E-state index contributed by atoms with van der Waals surface area (Å²) in [5, 5.41) is 3.47. The quantitative estimate of drug-likeness (QED) is 0.823. The van der Waals surface area contributed by atoms with Crippen LogP contribution >= 0.6 is 0 Å². The van der Waals surface area contributed by atoms with Crippen molar-refractivity contribution >= 4 is 17.5 Å². The predicted molar refractivity (Wildman–Crippen MR) is 118 cm³/mol. The lowest BCUT2D eigenvalue weighted by molar-refractivity contribution is -0.132. The number of nitrogens with zero attached hydrogens (tertiary/aromatic N) is 5. The van der Waals surface area contributed by atoms with Crippen LogP contribution in [-0.2, 0) is 24.3 Å². The summed E-state index contributed by atoms with van der Waals surface area (Å²) in [5.74, 6) is 2.06. The largest absolute Gasteiger partial charge is 0.351 e. The van der Waals surface area contributed by atoms with Gasteiger partial charge in [-0.25, -0.2) is 9.97 Å². The molecule has 30 heavy (non-hydrogen) atoms. The third-order valence-electron chi connectivity index (χ3n) is 6.70. The first-order chi connectivity index (χ1) is 14.7. The third kappa shape index (κ3) is 3.62. The minimum Gasteiger partial charge on any atom is -0.351 e. The molecule has 1 fully saturated rings. The molecule has 0 spiro atoms. The van der Waals surface area contributed by atoms with Crippen LogP contribution < -0.4 is 15.1 Å². The molecule has 1 N–H and O–H groups in total. The van der Waals surface area contributed by atoms with E-state index in [1.165, 1.54) is 11.1 Å². The SMILES string of the molecule is CN1CC(=O)N(C2CCCNCC2)Cc2c1ncnc2N1CCc2ccccc2C1. The first-order valence-electron chi connectivity index (χ1n) is 11.1. The number of amides is 1. The Balaban J connectivity index is 1.49. The molecule has 0 bridgehead atoms. The minimum absolute atomic E-state index is 0.192. The van der Waals surface area contributed by atoms with Crippen molar-refractivity contribution in [2.24, 2.45) is 0 Å². The number of nitrogens with one attached hydrogen (secondary N) is 1. The van der Waals surface area contributed by atoms with Crippen molar-refractivity contribution in [3.8, 4) is 0 Å². The molecular formula is C23H30N6O. The van der Waals surface area contributed by atoms with Gasteiger partial charge in [0.25, 0.3) is 0 Å². The second kappa shape index (κ2) is 8.22. The molecule has 0 saturated carbocycles. The zero-order chi connectivity index (χ0) is 20.5. The molecule has 1 aromatic heterocycles. The Morgan fingerprint density at radius 1 is 1.00 bits per heavy atom. The van der Waals surface area contributed by atoms with E-state index < -0.39 is 0 Å². The number of hydrogen-bond acceptors (Lipinski definition) is 6. The molecule has 3 aliphatic rings. The van der Waals surface area contributed by atoms with Crippen molar-refractivity contribution in [3.63, 3.8) is 0 Å². The number of aromatic nitrogens is 2. The third-order valence-corrected chi connectivity index (χ3v) is 6.70. The standard InChI is InChI=1S/C23H30N6O/c1-27-15-21(30)29(19-7-4-10-24-11-8-19)14-20-22(27)25-16-26-23(20)28-12-9-17-5-2-3-6-18(17)13-28/h2-3,5-6,16,19,24H,4,7-15H2,1H3. The molecule has 5 rings (SSSR count). The Bertz CT molecular complexity index is 924. The zero-order valence-corrected chi connectivity index (χ0v) is 17.7. The van der Waals surface area contributed by atoms with E-state index in [1.54, 1.807) is 6.33 Å². The summed E-state index contributed by atoms with van der Waals surface area (Å²) in [7, 11) is 1.97. The highest BCUT2D eigenvalue weighted by Crippen LogP contribution is 2.33. The van der Waals surface area contributed by atoms with Gasteiger partial charge in [-0.3, -0.25) is 4.79 Å². The first-order valence-corrected chi connectivity index (χ1v) is 11.1. The maximum absolute atomic E-state index is 13.2. The molecule has 1 aromatic carbocycles. The summed E-state index contributed by atoms with van der Waals surface area (Å²) >= 11 is 0. The average molecular weight is 407 g/mol. The van der Waals surface area contributed by atoms with Crippen LogP contribution in [0.2, 0.25) is 0 Å². The fourth-order valence-electron chi connectivity index (χ4n) is 5.09. The number of carbonyl (C=O) groups is 1. The lowest BCUT2D eigenvalue weighted by Gasteiger charge is -2.33. The van der Waals surface area contributed by atoms with Gasteiger partial charge >= 0.3 is 0 Å². The van der Waals surface area contributed by atoms with E-state index in [2.05, 4.69) is 44.4 Å². The molecule has 1 saturated heterocycles. The van der Waals surface area contributed by atoms with Crippen LogP contribution in [0.5, 0.6) is 0 Å². The molecule has 158 valence electrons. The van der Waals surface area contributed by atoms with Gasteiger partial charge in [-0.05, 0) is 49.9 Å². The summed E-state index contributed by atoms with van der Waals surface area (Å²) < 4.78 is 0. The highest BCUT2D eigenvalue weighted by Gasteiger charge is 2.33. The van der Waals surface area contributed by atoms with Gasteiger partial charge in [0, 0.05) is 26.2 Å². The molecular weight excluding hydrogens is 376 g/mol. The molecule has 1 atom stereocenters. The molecule has 4 heterocycles. The van der Waals surface area contributed by atoms with Gasteiger partial charge < -0.3 is 20.0 Å². The van der Waals surface area contributed by atoms with E-state index >= 15 is 0 Å². The van der Waals surface area contributed by atoms with Crippen molar-refractivity contribution < 1.29 is 4.79 Å². The topological polar surface area (TPSA) is 64.6 Å². The van der Waals surface area contributed by atoms with E-state index in [9.17, 15) is 4.79 Å². The average Bonchev–Trinajstić information content (AvgIpc) is 3.11. The maximum atomic E-state index is 13.2. The molecule has 7 nitrogen and oxygen atoms in total. The first kappa shape index (κ1) is 19.3. The molecule has 7 heteroatoms. The van der Waals surface area contributed by atoms with E-state index in [0.717, 1.165) is 69.1 Å². The smallest absolute Gasteiger partial charge is 0.242 e. The highest BCUT2D eigenvalue weighted by atomic mass is 16.2. The lowest BCUT2D eigenvalue weighted by atomic mass is 9.99. The van der Waals surface area contributed by atoms with Crippen molar-refractivity contribution in [2.45, 2.75) is 44.8 Å². The maximum Gasteiger partial charge on any atom is 0.242 e. The predicted octanol–water partition coefficient (Wildman–Crippen LogP) is 1.96. The Morgan fingerprint density at radius 3 is 2.73 bits per heavy atom. The number of anilines is 2. The van der Waals surface area contributed by atoms with Gasteiger partial charge in [-0.15, -0.1) is 0 Å². The number of fused-ring (bicyclic) bond motifs is 2. The summed E-state index contributed by atoms with van der Waals surface area (Å²) in [6.45, 7) is 4.76. The minimum atomic E-state index is 0.192. The van der Waals surface area contributed by atoms with Crippen LogP contribution in [0, 0.1) is 0 Å². The van der Waals surface area contributed by atoms with Gasteiger partial charge in [-0.1, -0.05) is 24.3 Å². The molecule has 1 unspecified atom stereocenters. The van der Waals surface area contributed by atoms with Gasteiger partial charge in [0.1, 0.15) is 18.0 Å². The molecule has 3 aliphatic heterocycles. The normalized spacial score (nSPS) is 22.2. The summed E-state index contributed by atoms with van der Waals surface area (Å²) in [6.07, 6.45) is 5.84. The van der Waals surface area contributed by atoms with Crippen molar-refractivity contribution in [2.75, 3.05) is 43.0 Å². The fraction of sp³-hybridized carbons (Fsp3) is 0.522. The van der Waals surface area contributed by atoms with Crippen molar-refractivity contribution in [1.82, 2.24) is 20.2 Å². The van der Waals surface area contributed by atoms with Crippen LogP contribution in [0.15, 0.2) is 30.6 Å². The Labute approximate surface area is 178 Å². The van der Waals surface area contributed by atoms with Gasteiger partial charge in [-0.2, -0.15) is 0 Å².